The van der Waals surface area contributed by atoms with Crippen molar-refractivity contribution in [1.82, 2.24) is 14.5 Å². The highest BCUT2D eigenvalue weighted by molar-refractivity contribution is 7.27. The molecule has 0 aliphatic rings. The highest BCUT2D eigenvalue weighted by Gasteiger charge is 2.23. The minimum absolute atomic E-state index is 0.676. The Labute approximate surface area is 278 Å². The third-order valence-electron chi connectivity index (χ3n) is 9.97. The maximum atomic E-state index is 5.51. The minimum Gasteiger partial charge on any atom is -0.277 e. The summed E-state index contributed by atoms with van der Waals surface area (Å²) < 4.78 is 4.96. The van der Waals surface area contributed by atoms with E-state index in [1.807, 2.05) is 11.3 Å². The Bertz CT molecular complexity index is 3120. The Hall–Kier alpha value is -6.10. The quantitative estimate of drug-likeness (QED) is 0.179. The summed E-state index contributed by atoms with van der Waals surface area (Å²) in [6, 6.07) is 54.4. The van der Waals surface area contributed by atoms with Crippen LogP contribution < -0.4 is 0 Å². The Balaban J connectivity index is 1.38. The summed E-state index contributed by atoms with van der Waals surface area (Å²) in [5.74, 6) is 0.676. The lowest BCUT2D eigenvalue weighted by Gasteiger charge is -2.15. The molecule has 0 radical (unpaired) electrons. The van der Waals surface area contributed by atoms with E-state index in [4.69, 9.17) is 9.97 Å². The Morgan fingerprint density at radius 2 is 1.12 bits per heavy atom. The number of fused-ring (bicyclic) bond motifs is 15. The molecule has 0 saturated heterocycles. The number of rotatable bonds is 2. The van der Waals surface area contributed by atoms with E-state index in [1.165, 1.54) is 57.9 Å². The molecule has 0 spiro atoms. The van der Waals surface area contributed by atoms with Crippen LogP contribution in [-0.4, -0.2) is 14.5 Å². The van der Waals surface area contributed by atoms with Crippen molar-refractivity contribution in [3.05, 3.63) is 152 Å². The van der Waals surface area contributed by atoms with Gasteiger partial charge in [0, 0.05) is 52.7 Å². The van der Waals surface area contributed by atoms with E-state index in [9.17, 15) is 0 Å². The molecule has 48 heavy (non-hydrogen) atoms. The van der Waals surface area contributed by atoms with Crippen LogP contribution >= 0.6 is 11.3 Å². The average molecular weight is 628 g/mol. The summed E-state index contributed by atoms with van der Waals surface area (Å²) in [7, 11) is 0. The Morgan fingerprint density at radius 1 is 0.438 bits per heavy atom. The number of para-hydroxylation sites is 1. The molecule has 11 rings (SSSR count). The molecule has 0 fully saturated rings. The summed E-state index contributed by atoms with van der Waals surface area (Å²) >= 11 is 1.89. The number of nitrogens with zero attached hydrogens (tertiary/aromatic N) is 3. The van der Waals surface area contributed by atoms with Crippen LogP contribution in [-0.2, 0) is 0 Å². The number of thiophene rings is 1. The summed E-state index contributed by atoms with van der Waals surface area (Å²) in [6.45, 7) is 0. The van der Waals surface area contributed by atoms with E-state index in [-0.39, 0.29) is 0 Å². The van der Waals surface area contributed by atoms with Gasteiger partial charge >= 0.3 is 0 Å². The smallest absolute Gasteiger partial charge is 0.235 e. The van der Waals surface area contributed by atoms with Gasteiger partial charge in [-0.2, -0.15) is 0 Å². The molecule has 3 aromatic heterocycles. The molecule has 0 atom stereocenters. The van der Waals surface area contributed by atoms with Crippen LogP contribution in [0.5, 0.6) is 0 Å². The highest BCUT2D eigenvalue weighted by atomic mass is 32.1. The molecule has 3 nitrogen and oxygen atoms in total. The van der Waals surface area contributed by atoms with E-state index in [0.29, 0.717) is 5.95 Å². The number of hydrogen-bond acceptors (Lipinski definition) is 3. The fourth-order valence-corrected chi connectivity index (χ4v) is 9.20. The second-order valence-electron chi connectivity index (χ2n) is 12.5. The molecule has 3 heterocycles. The van der Waals surface area contributed by atoms with Gasteiger partial charge in [-0.15, -0.1) is 11.3 Å². The highest BCUT2D eigenvalue weighted by Crippen LogP contribution is 2.47. The summed E-state index contributed by atoms with van der Waals surface area (Å²) in [5.41, 5.74) is 5.18. The van der Waals surface area contributed by atoms with Crippen molar-refractivity contribution in [3.8, 4) is 17.2 Å². The van der Waals surface area contributed by atoms with E-state index < -0.39 is 0 Å². The van der Waals surface area contributed by atoms with Gasteiger partial charge in [-0.3, -0.25) is 4.57 Å². The molecule has 0 amide bonds. The lowest BCUT2D eigenvalue weighted by Crippen LogP contribution is -2.04. The van der Waals surface area contributed by atoms with Gasteiger partial charge < -0.3 is 0 Å². The molecule has 0 aliphatic heterocycles. The van der Waals surface area contributed by atoms with Crippen LogP contribution in [0.15, 0.2) is 152 Å². The molecule has 0 N–H and O–H groups in total. The Kier molecular flexibility index (Phi) is 5.26. The van der Waals surface area contributed by atoms with Crippen molar-refractivity contribution in [2.45, 2.75) is 0 Å². The fourth-order valence-electron chi connectivity index (χ4n) is 7.94. The first-order chi connectivity index (χ1) is 23.8. The average Bonchev–Trinajstić information content (AvgIpc) is 3.71. The molecular weight excluding hydrogens is 603 g/mol. The predicted octanol–water partition coefficient (Wildman–Crippen LogP) is 12.2. The van der Waals surface area contributed by atoms with E-state index in [0.717, 1.165) is 38.6 Å². The molecule has 0 bridgehead atoms. The van der Waals surface area contributed by atoms with Gasteiger partial charge in [-0.1, -0.05) is 133 Å². The standard InChI is InChI=1S/C44H25N3S/c1-2-13-27(14-3-1)41-40-28-15-5-4-12-26(28)22-25-35(40)45-44(46-41)47-36-20-10-8-16-29(36)31-23-24-34-38(42(31)47)30-17-6-7-18-32(30)43-39(34)33-19-9-11-21-37(33)48-43/h1-25H. The molecule has 0 aliphatic carbocycles. The molecule has 0 saturated carbocycles. The normalized spacial score (nSPS) is 12.2. The van der Waals surface area contributed by atoms with Gasteiger partial charge in [-0.05, 0) is 39.7 Å². The van der Waals surface area contributed by atoms with Crippen molar-refractivity contribution < 1.29 is 0 Å². The zero-order chi connectivity index (χ0) is 31.3. The lowest BCUT2D eigenvalue weighted by molar-refractivity contribution is 1.02. The first kappa shape index (κ1) is 26.0. The number of aromatic nitrogens is 3. The minimum atomic E-state index is 0.676. The van der Waals surface area contributed by atoms with Crippen molar-refractivity contribution in [2.24, 2.45) is 0 Å². The van der Waals surface area contributed by atoms with Crippen molar-refractivity contribution in [3.63, 3.8) is 0 Å². The molecule has 11 aromatic rings. The van der Waals surface area contributed by atoms with Crippen LogP contribution in [0.2, 0.25) is 0 Å². The monoisotopic (exact) mass is 627 g/mol. The maximum absolute atomic E-state index is 5.51. The predicted molar refractivity (Wildman–Crippen MR) is 205 cm³/mol. The van der Waals surface area contributed by atoms with Gasteiger partial charge in [0.25, 0.3) is 0 Å². The summed E-state index contributed by atoms with van der Waals surface area (Å²) in [5, 5.41) is 13.4. The van der Waals surface area contributed by atoms with Crippen LogP contribution in [0.25, 0.3) is 102 Å². The van der Waals surface area contributed by atoms with Gasteiger partial charge in [0.1, 0.15) is 0 Å². The summed E-state index contributed by atoms with van der Waals surface area (Å²) in [6.07, 6.45) is 0. The zero-order valence-corrected chi connectivity index (χ0v) is 26.5. The molecule has 0 unspecified atom stereocenters. The fraction of sp³-hybridized carbons (Fsp3) is 0. The molecule has 4 heteroatoms. The van der Waals surface area contributed by atoms with Crippen molar-refractivity contribution >= 4 is 96.5 Å². The number of benzene rings is 8. The van der Waals surface area contributed by atoms with E-state index in [2.05, 4.69) is 156 Å². The van der Waals surface area contributed by atoms with Crippen LogP contribution in [0.3, 0.4) is 0 Å². The van der Waals surface area contributed by atoms with Crippen molar-refractivity contribution in [2.75, 3.05) is 0 Å². The van der Waals surface area contributed by atoms with Crippen molar-refractivity contribution in [1.29, 1.82) is 0 Å². The topological polar surface area (TPSA) is 30.7 Å². The summed E-state index contributed by atoms with van der Waals surface area (Å²) in [4.78, 5) is 10.9. The maximum Gasteiger partial charge on any atom is 0.235 e. The largest absolute Gasteiger partial charge is 0.277 e. The lowest BCUT2D eigenvalue weighted by atomic mass is 9.95. The second kappa shape index (κ2) is 9.71. The number of hydrogen-bond donors (Lipinski definition) is 0. The third-order valence-corrected chi connectivity index (χ3v) is 11.2. The van der Waals surface area contributed by atoms with E-state index in [1.54, 1.807) is 0 Å². The first-order valence-corrected chi connectivity index (χ1v) is 17.1. The van der Waals surface area contributed by atoms with Gasteiger partial charge in [0.15, 0.2) is 0 Å². The van der Waals surface area contributed by atoms with Gasteiger partial charge in [0.2, 0.25) is 5.95 Å². The second-order valence-corrected chi connectivity index (χ2v) is 13.6. The first-order valence-electron chi connectivity index (χ1n) is 16.3. The molecule has 222 valence electrons. The zero-order valence-electron chi connectivity index (χ0n) is 25.7. The van der Waals surface area contributed by atoms with Gasteiger partial charge in [-0.25, -0.2) is 9.97 Å². The SMILES string of the molecule is c1ccc(-c2nc(-n3c4ccccc4c4ccc5c6c7ccccc7sc6c6ccccc6c5c43)nc3ccc4ccccc4c23)cc1. The molecular formula is C44H25N3S. The molecule has 8 aromatic carbocycles. The van der Waals surface area contributed by atoms with Gasteiger partial charge in [0.05, 0.1) is 22.2 Å². The van der Waals surface area contributed by atoms with Crippen LogP contribution in [0, 0.1) is 0 Å². The van der Waals surface area contributed by atoms with Crippen LogP contribution in [0.1, 0.15) is 0 Å². The van der Waals surface area contributed by atoms with Crippen LogP contribution in [0.4, 0.5) is 0 Å². The Morgan fingerprint density at radius 3 is 2.00 bits per heavy atom. The third kappa shape index (κ3) is 3.47. The van der Waals surface area contributed by atoms with E-state index >= 15 is 0 Å².